The van der Waals surface area contributed by atoms with Gasteiger partial charge in [-0.15, -0.1) is 0 Å². The van der Waals surface area contributed by atoms with Gasteiger partial charge in [-0.2, -0.15) is 0 Å². The Labute approximate surface area is 211 Å². The Morgan fingerprint density at radius 2 is 1.94 bits per heavy atom. The molecule has 0 saturated carbocycles. The molecule has 9 nitrogen and oxygen atoms in total. The fourth-order valence-electron chi connectivity index (χ4n) is 5.10. The summed E-state index contributed by atoms with van der Waals surface area (Å²) in [5.74, 6) is 1.94. The van der Waals surface area contributed by atoms with Gasteiger partial charge in [0.2, 0.25) is 5.91 Å². The van der Waals surface area contributed by atoms with Crippen LogP contribution in [0.5, 0.6) is 5.75 Å². The number of piperazine rings is 1. The molecule has 3 N–H and O–H groups in total. The molecule has 0 unspecified atom stereocenters. The van der Waals surface area contributed by atoms with E-state index in [2.05, 4.69) is 28.0 Å². The monoisotopic (exact) mass is 490 g/mol. The van der Waals surface area contributed by atoms with Crippen molar-refractivity contribution in [3.63, 3.8) is 0 Å². The SMILES string of the molecule is COc1ccc2c(N3CC[C@@H](CO)C3)cc(-c3ccc(N4CCN(C(=O)[C@H](C)N)CC4)nc3)nc2c1. The van der Waals surface area contributed by atoms with E-state index in [4.69, 9.17) is 20.4 Å². The van der Waals surface area contributed by atoms with Gasteiger partial charge in [-0.05, 0) is 43.7 Å². The summed E-state index contributed by atoms with van der Waals surface area (Å²) in [7, 11) is 1.66. The van der Waals surface area contributed by atoms with Gasteiger partial charge in [0.05, 0.1) is 24.4 Å². The van der Waals surface area contributed by atoms with Crippen molar-refractivity contribution in [3.05, 3.63) is 42.6 Å². The van der Waals surface area contributed by atoms with Crippen LogP contribution in [0.15, 0.2) is 42.6 Å². The molecule has 190 valence electrons. The number of methoxy groups -OCH3 is 1. The van der Waals surface area contributed by atoms with Gasteiger partial charge in [0, 0.05) is 80.7 Å². The highest BCUT2D eigenvalue weighted by Crippen LogP contribution is 2.35. The van der Waals surface area contributed by atoms with E-state index in [-0.39, 0.29) is 12.5 Å². The van der Waals surface area contributed by atoms with Crippen LogP contribution in [0, 0.1) is 5.92 Å². The number of carbonyl (C=O) groups excluding carboxylic acids is 1. The first-order valence-corrected chi connectivity index (χ1v) is 12.6. The predicted octanol–water partition coefficient (Wildman–Crippen LogP) is 2.12. The van der Waals surface area contributed by atoms with Crippen LogP contribution < -0.4 is 20.3 Å². The number of nitrogens with zero attached hydrogens (tertiary/aromatic N) is 5. The maximum atomic E-state index is 12.2. The molecule has 2 saturated heterocycles. The second-order valence-electron chi connectivity index (χ2n) is 9.70. The molecule has 0 spiro atoms. The molecule has 4 heterocycles. The van der Waals surface area contributed by atoms with Gasteiger partial charge < -0.3 is 30.3 Å². The Hall–Kier alpha value is -3.43. The van der Waals surface area contributed by atoms with E-state index in [9.17, 15) is 9.90 Å². The van der Waals surface area contributed by atoms with E-state index >= 15 is 0 Å². The van der Waals surface area contributed by atoms with Crippen LogP contribution in [0.2, 0.25) is 0 Å². The summed E-state index contributed by atoms with van der Waals surface area (Å²) in [6, 6.07) is 11.7. The molecule has 0 bridgehead atoms. The zero-order valence-corrected chi connectivity index (χ0v) is 20.9. The molecular weight excluding hydrogens is 456 g/mol. The molecule has 1 aromatic carbocycles. The summed E-state index contributed by atoms with van der Waals surface area (Å²) >= 11 is 0. The summed E-state index contributed by atoms with van der Waals surface area (Å²) < 4.78 is 5.45. The quantitative estimate of drug-likeness (QED) is 0.541. The van der Waals surface area contributed by atoms with Gasteiger partial charge in [0.25, 0.3) is 0 Å². The molecule has 0 radical (unpaired) electrons. The van der Waals surface area contributed by atoms with Gasteiger partial charge >= 0.3 is 0 Å². The lowest BCUT2D eigenvalue weighted by atomic mass is 10.1. The van der Waals surface area contributed by atoms with Crippen LogP contribution in [-0.2, 0) is 4.79 Å². The van der Waals surface area contributed by atoms with Gasteiger partial charge in [0.1, 0.15) is 11.6 Å². The number of aliphatic hydroxyl groups excluding tert-OH is 1. The Bertz CT molecular complexity index is 1220. The third-order valence-electron chi connectivity index (χ3n) is 7.23. The van der Waals surface area contributed by atoms with Crippen molar-refractivity contribution in [2.45, 2.75) is 19.4 Å². The van der Waals surface area contributed by atoms with Crippen molar-refractivity contribution < 1.29 is 14.6 Å². The molecule has 3 aromatic rings. The molecule has 36 heavy (non-hydrogen) atoms. The fourth-order valence-corrected chi connectivity index (χ4v) is 5.10. The Morgan fingerprint density at radius 3 is 2.58 bits per heavy atom. The van der Waals surface area contributed by atoms with E-state index in [1.807, 2.05) is 29.3 Å². The highest BCUT2D eigenvalue weighted by Gasteiger charge is 2.25. The van der Waals surface area contributed by atoms with Crippen molar-refractivity contribution in [2.24, 2.45) is 11.7 Å². The van der Waals surface area contributed by atoms with E-state index in [1.54, 1.807) is 14.0 Å². The number of ether oxygens (including phenoxy) is 1. The van der Waals surface area contributed by atoms with Crippen LogP contribution in [0.25, 0.3) is 22.2 Å². The van der Waals surface area contributed by atoms with E-state index in [0.29, 0.717) is 19.0 Å². The largest absolute Gasteiger partial charge is 0.497 e. The number of fused-ring (bicyclic) bond motifs is 1. The van der Waals surface area contributed by atoms with Gasteiger partial charge in [-0.1, -0.05) is 0 Å². The lowest BCUT2D eigenvalue weighted by molar-refractivity contribution is -0.132. The topological polar surface area (TPSA) is 108 Å². The predicted molar refractivity (Wildman–Crippen MR) is 141 cm³/mol. The van der Waals surface area contributed by atoms with E-state index < -0.39 is 6.04 Å². The molecule has 2 aromatic heterocycles. The van der Waals surface area contributed by atoms with Crippen LogP contribution in [0.3, 0.4) is 0 Å². The summed E-state index contributed by atoms with van der Waals surface area (Å²) in [5, 5.41) is 10.7. The Balaban J connectivity index is 1.40. The first-order valence-electron chi connectivity index (χ1n) is 12.6. The number of aliphatic hydroxyl groups is 1. The summed E-state index contributed by atoms with van der Waals surface area (Å²) in [6.45, 7) is 6.41. The van der Waals surface area contributed by atoms with Crippen molar-refractivity contribution in [1.82, 2.24) is 14.9 Å². The van der Waals surface area contributed by atoms with Crippen molar-refractivity contribution in [3.8, 4) is 17.0 Å². The molecule has 5 rings (SSSR count). The zero-order valence-electron chi connectivity index (χ0n) is 20.9. The van der Waals surface area contributed by atoms with E-state index in [0.717, 1.165) is 72.0 Å². The second-order valence-corrected chi connectivity index (χ2v) is 9.70. The number of anilines is 2. The Morgan fingerprint density at radius 1 is 1.14 bits per heavy atom. The number of rotatable bonds is 6. The molecule has 0 aliphatic carbocycles. The minimum Gasteiger partial charge on any atom is -0.497 e. The summed E-state index contributed by atoms with van der Waals surface area (Å²) in [5.41, 5.74) is 9.53. The van der Waals surface area contributed by atoms with Crippen molar-refractivity contribution in [2.75, 3.05) is 62.8 Å². The lowest BCUT2D eigenvalue weighted by Crippen LogP contribution is -2.52. The maximum Gasteiger partial charge on any atom is 0.239 e. The minimum atomic E-state index is -0.469. The average molecular weight is 491 g/mol. The Kier molecular flexibility index (Phi) is 6.93. The second kappa shape index (κ2) is 10.3. The highest BCUT2D eigenvalue weighted by atomic mass is 16.5. The number of hydrogen-bond acceptors (Lipinski definition) is 8. The zero-order chi connectivity index (χ0) is 25.2. The van der Waals surface area contributed by atoms with Gasteiger partial charge in [-0.25, -0.2) is 9.97 Å². The van der Waals surface area contributed by atoms with Gasteiger partial charge in [-0.3, -0.25) is 4.79 Å². The van der Waals surface area contributed by atoms with Crippen LogP contribution in [-0.4, -0.2) is 84.9 Å². The number of benzene rings is 1. The van der Waals surface area contributed by atoms with Crippen molar-refractivity contribution in [1.29, 1.82) is 0 Å². The molecule has 1 amide bonds. The molecule has 2 aliphatic rings. The standard InChI is InChI=1S/C27H34N6O3/c1-18(28)27(35)32-11-9-31(10-12-32)26-6-3-20(15-29-26)23-14-25(33-8-7-19(16-33)17-34)22-5-4-21(36-2)13-24(22)30-23/h3-6,13-15,18-19,34H,7-12,16-17,28H2,1-2H3/t18-,19+/m0/s1. The highest BCUT2D eigenvalue weighted by molar-refractivity contribution is 5.95. The first-order chi connectivity index (χ1) is 17.5. The fraction of sp³-hybridized carbons (Fsp3) is 0.444. The van der Waals surface area contributed by atoms with Crippen LogP contribution in [0.4, 0.5) is 11.5 Å². The number of pyridine rings is 2. The molecule has 2 atom stereocenters. The summed E-state index contributed by atoms with van der Waals surface area (Å²) in [6.07, 6.45) is 2.85. The van der Waals surface area contributed by atoms with E-state index in [1.165, 1.54) is 0 Å². The molecule has 9 heteroatoms. The first kappa shape index (κ1) is 24.3. The average Bonchev–Trinajstić information content (AvgIpc) is 3.41. The smallest absolute Gasteiger partial charge is 0.239 e. The number of hydrogen-bond donors (Lipinski definition) is 2. The normalized spacial score (nSPS) is 19.1. The third-order valence-corrected chi connectivity index (χ3v) is 7.23. The molecule has 2 aliphatic heterocycles. The van der Waals surface area contributed by atoms with Gasteiger partial charge in [0.15, 0.2) is 0 Å². The van der Waals surface area contributed by atoms with Crippen LogP contribution in [0.1, 0.15) is 13.3 Å². The van der Waals surface area contributed by atoms with Crippen molar-refractivity contribution >= 4 is 28.3 Å². The molecule has 2 fully saturated rings. The third kappa shape index (κ3) is 4.81. The minimum absolute atomic E-state index is 0.00363. The lowest BCUT2D eigenvalue weighted by Gasteiger charge is -2.36. The number of carbonyl (C=O) groups is 1. The maximum absolute atomic E-state index is 12.2. The van der Waals surface area contributed by atoms with Crippen LogP contribution >= 0.6 is 0 Å². The summed E-state index contributed by atoms with van der Waals surface area (Å²) in [4.78, 5) is 28.2. The number of amides is 1. The molecular formula is C27H34N6O3. The number of nitrogens with two attached hydrogens (primary N) is 1. The number of aromatic nitrogens is 2.